The minimum absolute atomic E-state index is 0.151. The third-order valence-corrected chi connectivity index (χ3v) is 7.29. The fourth-order valence-electron chi connectivity index (χ4n) is 5.26. The molecule has 3 aliphatic heterocycles. The predicted molar refractivity (Wildman–Crippen MR) is 108 cm³/mol. The molecule has 4 N–H and O–H groups in total. The van der Waals surface area contributed by atoms with Crippen LogP contribution in [-0.2, 0) is 22.7 Å². The van der Waals surface area contributed by atoms with Crippen LogP contribution in [0.2, 0.25) is 0 Å². The third-order valence-electron chi connectivity index (χ3n) is 7.29. The van der Waals surface area contributed by atoms with Crippen LogP contribution < -0.4 is 16.0 Å². The summed E-state index contributed by atoms with van der Waals surface area (Å²) in [6.45, 7) is 2.71. The Labute approximate surface area is 175 Å². The maximum Gasteiger partial charge on any atom is 0.255 e. The summed E-state index contributed by atoms with van der Waals surface area (Å²) in [7, 11) is 0. The normalized spacial score (nSPS) is 27.0. The van der Waals surface area contributed by atoms with Crippen LogP contribution in [0.4, 0.5) is 0 Å². The number of imide groups is 1. The molecule has 8 nitrogen and oxygen atoms in total. The highest BCUT2D eigenvalue weighted by Gasteiger charge is 2.58. The van der Waals surface area contributed by atoms with Crippen LogP contribution in [-0.4, -0.2) is 58.0 Å². The zero-order valence-electron chi connectivity index (χ0n) is 17.0. The number of piperidine rings is 2. The van der Waals surface area contributed by atoms with Gasteiger partial charge in [0, 0.05) is 30.6 Å². The van der Waals surface area contributed by atoms with Crippen molar-refractivity contribution < 1.29 is 19.5 Å². The molecule has 5 rings (SSSR count). The number of rotatable bonds is 5. The van der Waals surface area contributed by atoms with Gasteiger partial charge in [-0.3, -0.25) is 19.7 Å². The molecule has 30 heavy (non-hydrogen) atoms. The molecule has 1 aromatic rings. The largest absolute Gasteiger partial charge is 0.388 e. The van der Waals surface area contributed by atoms with Gasteiger partial charge in [-0.25, -0.2) is 0 Å². The fraction of sp³-hybridized carbons (Fsp3) is 0.591. The van der Waals surface area contributed by atoms with Crippen LogP contribution in [0.25, 0.3) is 0 Å². The van der Waals surface area contributed by atoms with Crippen LogP contribution in [0.3, 0.4) is 0 Å². The molecule has 1 atom stereocenters. The minimum atomic E-state index is -0.659. The molecule has 1 aliphatic carbocycles. The Morgan fingerprint density at radius 1 is 1.13 bits per heavy atom. The average Bonchev–Trinajstić information content (AvgIpc) is 3.47. The first-order valence-corrected chi connectivity index (χ1v) is 10.9. The summed E-state index contributed by atoms with van der Waals surface area (Å²) in [5.74, 6) is -0.819. The van der Waals surface area contributed by atoms with Gasteiger partial charge in [0.05, 0.1) is 5.60 Å². The summed E-state index contributed by atoms with van der Waals surface area (Å²) in [5.41, 5.74) is 1.74. The van der Waals surface area contributed by atoms with E-state index in [1.54, 1.807) is 4.90 Å². The molecule has 0 aromatic heterocycles. The molecule has 0 radical (unpaired) electrons. The quantitative estimate of drug-likeness (QED) is 0.514. The fourth-order valence-corrected chi connectivity index (χ4v) is 5.26. The number of carbonyl (C=O) groups excluding carboxylic acids is 3. The molecule has 1 saturated carbocycles. The second kappa shape index (κ2) is 7.14. The van der Waals surface area contributed by atoms with E-state index in [4.69, 9.17) is 0 Å². The summed E-state index contributed by atoms with van der Waals surface area (Å²) in [6, 6.07) is 5.21. The van der Waals surface area contributed by atoms with Crippen LogP contribution in [0.1, 0.15) is 60.0 Å². The van der Waals surface area contributed by atoms with Crippen LogP contribution in [0.5, 0.6) is 0 Å². The standard InChI is InChI=1S/C22H28N4O4/c27-18-4-3-17(19(28)25-18)26-13-15-11-14(1-2-16(15)20(26)29)12-24-21(5-6-21)22(30)7-9-23-10-8-22/h1-2,11,17,23-24,30H,3-10,12-13H2,(H,25,27,28). The number of amides is 3. The first-order valence-electron chi connectivity index (χ1n) is 10.9. The van der Waals surface area contributed by atoms with Gasteiger partial charge < -0.3 is 20.6 Å². The highest BCUT2D eigenvalue weighted by molar-refractivity contribution is 6.05. The first-order chi connectivity index (χ1) is 14.4. The topological polar surface area (TPSA) is 111 Å². The summed E-state index contributed by atoms with van der Waals surface area (Å²) < 4.78 is 0. The smallest absolute Gasteiger partial charge is 0.255 e. The number of hydrogen-bond donors (Lipinski definition) is 4. The van der Waals surface area contributed by atoms with Crippen molar-refractivity contribution in [1.82, 2.24) is 20.9 Å². The van der Waals surface area contributed by atoms with Gasteiger partial charge in [-0.15, -0.1) is 0 Å². The lowest BCUT2D eigenvalue weighted by molar-refractivity contribution is -0.136. The van der Waals surface area contributed by atoms with E-state index in [1.807, 2.05) is 18.2 Å². The number of carbonyl (C=O) groups is 3. The van der Waals surface area contributed by atoms with Crippen molar-refractivity contribution in [3.63, 3.8) is 0 Å². The molecular formula is C22H28N4O4. The van der Waals surface area contributed by atoms with E-state index in [0.29, 0.717) is 25.1 Å². The second-order valence-corrected chi connectivity index (χ2v) is 9.11. The number of nitrogens with zero attached hydrogens (tertiary/aromatic N) is 1. The van der Waals surface area contributed by atoms with Crippen molar-refractivity contribution in [2.45, 2.75) is 68.8 Å². The van der Waals surface area contributed by atoms with Crippen molar-refractivity contribution in [2.24, 2.45) is 0 Å². The zero-order chi connectivity index (χ0) is 20.9. The SMILES string of the molecule is O=C1CCC(N2Cc3cc(CNC4(C5(O)CCNCC5)CC4)ccc3C2=O)C(=O)N1. The number of benzene rings is 1. The van der Waals surface area contributed by atoms with E-state index in [-0.39, 0.29) is 29.7 Å². The average molecular weight is 412 g/mol. The van der Waals surface area contributed by atoms with E-state index in [2.05, 4.69) is 16.0 Å². The van der Waals surface area contributed by atoms with E-state index < -0.39 is 11.6 Å². The highest BCUT2D eigenvalue weighted by atomic mass is 16.3. The molecule has 3 fully saturated rings. The van der Waals surface area contributed by atoms with Crippen molar-refractivity contribution in [3.05, 3.63) is 34.9 Å². The van der Waals surface area contributed by atoms with Crippen molar-refractivity contribution in [3.8, 4) is 0 Å². The van der Waals surface area contributed by atoms with Gasteiger partial charge in [0.2, 0.25) is 11.8 Å². The molecule has 8 heteroatoms. The maximum absolute atomic E-state index is 12.8. The Hall–Kier alpha value is -2.29. The van der Waals surface area contributed by atoms with Crippen molar-refractivity contribution in [1.29, 1.82) is 0 Å². The van der Waals surface area contributed by atoms with E-state index >= 15 is 0 Å². The molecule has 3 heterocycles. The summed E-state index contributed by atoms with van der Waals surface area (Å²) in [6.07, 6.45) is 4.12. The Bertz CT molecular complexity index is 904. The van der Waals surface area contributed by atoms with Gasteiger partial charge in [-0.1, -0.05) is 12.1 Å². The number of fused-ring (bicyclic) bond motifs is 1. The molecule has 0 bridgehead atoms. The molecule has 0 spiro atoms. The van der Waals surface area contributed by atoms with Crippen molar-refractivity contribution >= 4 is 17.7 Å². The summed E-state index contributed by atoms with van der Waals surface area (Å²) in [4.78, 5) is 38.0. The lowest BCUT2D eigenvalue weighted by atomic mass is 9.82. The van der Waals surface area contributed by atoms with Gasteiger partial charge in [-0.05, 0) is 62.4 Å². The zero-order valence-corrected chi connectivity index (χ0v) is 17.0. The van der Waals surface area contributed by atoms with Crippen LogP contribution >= 0.6 is 0 Å². The Morgan fingerprint density at radius 2 is 1.90 bits per heavy atom. The monoisotopic (exact) mass is 412 g/mol. The van der Waals surface area contributed by atoms with Gasteiger partial charge in [-0.2, -0.15) is 0 Å². The molecule has 4 aliphatic rings. The van der Waals surface area contributed by atoms with E-state index in [0.717, 1.165) is 49.9 Å². The van der Waals surface area contributed by atoms with Gasteiger partial charge in [0.15, 0.2) is 0 Å². The molecule has 3 amide bonds. The first kappa shape index (κ1) is 19.7. The van der Waals surface area contributed by atoms with Gasteiger partial charge in [0.25, 0.3) is 5.91 Å². The number of hydrogen-bond acceptors (Lipinski definition) is 6. The lowest BCUT2D eigenvalue weighted by Crippen LogP contribution is -2.57. The highest BCUT2D eigenvalue weighted by Crippen LogP contribution is 2.49. The Morgan fingerprint density at radius 3 is 2.60 bits per heavy atom. The minimum Gasteiger partial charge on any atom is -0.388 e. The van der Waals surface area contributed by atoms with E-state index in [1.165, 1.54) is 0 Å². The molecule has 2 saturated heterocycles. The second-order valence-electron chi connectivity index (χ2n) is 9.11. The number of nitrogens with one attached hydrogen (secondary N) is 3. The Kier molecular flexibility index (Phi) is 4.68. The van der Waals surface area contributed by atoms with Crippen LogP contribution in [0.15, 0.2) is 18.2 Å². The van der Waals surface area contributed by atoms with Gasteiger partial charge >= 0.3 is 0 Å². The molecule has 1 aromatic carbocycles. The third kappa shape index (κ3) is 3.23. The van der Waals surface area contributed by atoms with Crippen LogP contribution in [0, 0.1) is 0 Å². The maximum atomic E-state index is 12.8. The predicted octanol–water partition coefficient (Wildman–Crippen LogP) is 0.184. The summed E-state index contributed by atoms with van der Waals surface area (Å²) >= 11 is 0. The number of aliphatic hydroxyl groups is 1. The molecule has 160 valence electrons. The molecule has 1 unspecified atom stereocenters. The Balaban J connectivity index is 1.27. The summed E-state index contributed by atoms with van der Waals surface area (Å²) in [5, 5.41) is 20.4. The van der Waals surface area contributed by atoms with Crippen molar-refractivity contribution in [2.75, 3.05) is 13.1 Å². The molecular weight excluding hydrogens is 384 g/mol. The van der Waals surface area contributed by atoms with E-state index in [9.17, 15) is 19.5 Å². The van der Waals surface area contributed by atoms with Gasteiger partial charge in [0.1, 0.15) is 6.04 Å². The lowest BCUT2D eigenvalue weighted by Gasteiger charge is -2.40.